The second-order valence-corrected chi connectivity index (χ2v) is 12.2. The van der Waals surface area contributed by atoms with Gasteiger partial charge in [-0.1, -0.05) is 140 Å². The van der Waals surface area contributed by atoms with Gasteiger partial charge in [0.25, 0.3) is 0 Å². The maximum Gasteiger partial charge on any atom is 0.143 e. The Hall–Kier alpha value is -6.38. The Bertz CT molecular complexity index is 2530. The van der Waals surface area contributed by atoms with Gasteiger partial charge >= 0.3 is 0 Å². The highest BCUT2D eigenvalue weighted by Gasteiger charge is 2.16. The van der Waals surface area contributed by atoms with Crippen LogP contribution in [0.25, 0.3) is 66.1 Å². The number of furan rings is 1. The zero-order valence-electron chi connectivity index (χ0n) is 26.3. The molecule has 9 aromatic rings. The summed E-state index contributed by atoms with van der Waals surface area (Å²) in [7, 11) is 0. The average Bonchev–Trinajstić information content (AvgIpc) is 3.54. The molecule has 0 atom stereocenters. The summed E-state index contributed by atoms with van der Waals surface area (Å²) in [6.45, 7) is 0. The van der Waals surface area contributed by atoms with Gasteiger partial charge in [0.05, 0.1) is 0 Å². The van der Waals surface area contributed by atoms with E-state index in [0.717, 1.165) is 61.3 Å². The molecule has 9 rings (SSSR count). The normalized spacial score (nSPS) is 11.3. The second-order valence-electron chi connectivity index (χ2n) is 12.2. The predicted octanol–water partition coefficient (Wildman–Crippen LogP) is 13.2. The van der Waals surface area contributed by atoms with Crippen LogP contribution in [0, 0.1) is 0 Å². The Kier molecular flexibility index (Phi) is 6.84. The van der Waals surface area contributed by atoms with Gasteiger partial charge in [-0.05, 0) is 87.1 Å². The van der Waals surface area contributed by atoms with Crippen molar-refractivity contribution in [2.75, 3.05) is 4.90 Å². The quantitative estimate of drug-likeness (QED) is 0.185. The minimum atomic E-state index is 0.898. The van der Waals surface area contributed by atoms with Gasteiger partial charge in [-0.2, -0.15) is 0 Å². The van der Waals surface area contributed by atoms with Crippen molar-refractivity contribution in [1.29, 1.82) is 0 Å². The van der Waals surface area contributed by atoms with E-state index in [1.54, 1.807) is 0 Å². The number of fused-ring (bicyclic) bond motifs is 4. The first-order valence-corrected chi connectivity index (χ1v) is 16.3. The van der Waals surface area contributed by atoms with Gasteiger partial charge in [-0.3, -0.25) is 0 Å². The zero-order valence-corrected chi connectivity index (χ0v) is 26.3. The number of anilines is 3. The van der Waals surface area contributed by atoms with Gasteiger partial charge in [0.1, 0.15) is 11.2 Å². The van der Waals surface area contributed by atoms with E-state index in [9.17, 15) is 0 Å². The lowest BCUT2D eigenvalue weighted by atomic mass is 10.00. The molecule has 0 bridgehead atoms. The summed E-state index contributed by atoms with van der Waals surface area (Å²) in [5, 5.41) is 4.70. The molecule has 0 fully saturated rings. The summed E-state index contributed by atoms with van der Waals surface area (Å²) in [5.41, 5.74) is 12.2. The molecular formula is C46H31NO. The van der Waals surface area contributed by atoms with Crippen molar-refractivity contribution >= 4 is 49.8 Å². The lowest BCUT2D eigenvalue weighted by Gasteiger charge is -2.26. The SMILES string of the molecule is c1ccc(-c2ccc(N(c3ccc(-c4ccc5oc6c(-c7ccccc7)cccc6c5c4)cc3)c3ccc4ccccc4c3)cc2)cc1. The highest BCUT2D eigenvalue weighted by atomic mass is 16.3. The van der Waals surface area contributed by atoms with Crippen LogP contribution in [0.5, 0.6) is 0 Å². The van der Waals surface area contributed by atoms with Gasteiger partial charge in [0.15, 0.2) is 0 Å². The molecule has 0 saturated carbocycles. The molecule has 0 spiro atoms. The Balaban J connectivity index is 1.10. The highest BCUT2D eigenvalue weighted by Crippen LogP contribution is 2.40. The van der Waals surface area contributed by atoms with E-state index in [4.69, 9.17) is 4.42 Å². The molecule has 2 heteroatoms. The number of hydrogen-bond acceptors (Lipinski definition) is 2. The lowest BCUT2D eigenvalue weighted by Crippen LogP contribution is -2.09. The maximum absolute atomic E-state index is 6.44. The van der Waals surface area contributed by atoms with E-state index in [-0.39, 0.29) is 0 Å². The van der Waals surface area contributed by atoms with Crippen LogP contribution in [-0.2, 0) is 0 Å². The van der Waals surface area contributed by atoms with E-state index in [0.29, 0.717) is 0 Å². The first-order chi connectivity index (χ1) is 23.8. The third-order valence-electron chi connectivity index (χ3n) is 9.26. The standard InChI is InChI=1S/C46H31NO/c1-3-10-32(11-4-1)34-18-24-39(25-19-34)47(41-28-22-33-12-7-8-15-37(33)30-41)40-26-20-35(21-27-40)38-23-29-45-44(31-38)43-17-9-16-42(46(43)48-45)36-13-5-2-6-14-36/h1-31H. The number of para-hydroxylation sites is 1. The van der Waals surface area contributed by atoms with Crippen LogP contribution < -0.4 is 4.90 Å². The summed E-state index contributed by atoms with van der Waals surface area (Å²) >= 11 is 0. The Morgan fingerprint density at radius 3 is 1.60 bits per heavy atom. The lowest BCUT2D eigenvalue weighted by molar-refractivity contribution is 0.670. The molecule has 2 nitrogen and oxygen atoms in total. The van der Waals surface area contributed by atoms with Crippen molar-refractivity contribution in [3.8, 4) is 33.4 Å². The molecule has 0 N–H and O–H groups in total. The van der Waals surface area contributed by atoms with Crippen LogP contribution >= 0.6 is 0 Å². The fourth-order valence-corrected chi connectivity index (χ4v) is 6.82. The van der Waals surface area contributed by atoms with E-state index in [2.05, 4.69) is 187 Å². The minimum absolute atomic E-state index is 0.898. The first kappa shape index (κ1) is 27.9. The number of hydrogen-bond donors (Lipinski definition) is 0. The number of benzene rings is 8. The van der Waals surface area contributed by atoms with Gasteiger partial charge in [-0.15, -0.1) is 0 Å². The third-order valence-corrected chi connectivity index (χ3v) is 9.26. The molecule has 1 heterocycles. The molecule has 226 valence electrons. The van der Waals surface area contributed by atoms with Crippen molar-refractivity contribution in [2.24, 2.45) is 0 Å². The maximum atomic E-state index is 6.44. The molecule has 0 unspecified atom stereocenters. The van der Waals surface area contributed by atoms with Gasteiger partial charge in [0, 0.05) is 33.4 Å². The summed E-state index contributed by atoms with van der Waals surface area (Å²) < 4.78 is 6.44. The predicted molar refractivity (Wildman–Crippen MR) is 202 cm³/mol. The van der Waals surface area contributed by atoms with Crippen molar-refractivity contribution in [1.82, 2.24) is 0 Å². The minimum Gasteiger partial charge on any atom is -0.455 e. The van der Waals surface area contributed by atoms with Gasteiger partial charge in [0.2, 0.25) is 0 Å². The summed E-state index contributed by atoms with van der Waals surface area (Å²) in [4.78, 5) is 2.34. The van der Waals surface area contributed by atoms with Crippen LogP contribution in [-0.4, -0.2) is 0 Å². The fourth-order valence-electron chi connectivity index (χ4n) is 6.82. The van der Waals surface area contributed by atoms with Crippen LogP contribution in [0.1, 0.15) is 0 Å². The highest BCUT2D eigenvalue weighted by molar-refractivity contribution is 6.10. The average molecular weight is 614 g/mol. The molecule has 48 heavy (non-hydrogen) atoms. The molecule has 1 aromatic heterocycles. The first-order valence-electron chi connectivity index (χ1n) is 16.3. The van der Waals surface area contributed by atoms with Crippen molar-refractivity contribution < 1.29 is 4.42 Å². The third kappa shape index (κ3) is 5.01. The van der Waals surface area contributed by atoms with Crippen LogP contribution in [0.15, 0.2) is 192 Å². The molecule has 0 aliphatic heterocycles. The smallest absolute Gasteiger partial charge is 0.143 e. The fraction of sp³-hybridized carbons (Fsp3) is 0. The van der Waals surface area contributed by atoms with Gasteiger partial charge < -0.3 is 9.32 Å². The summed E-state index contributed by atoms with van der Waals surface area (Å²) in [6.07, 6.45) is 0. The molecule has 0 aliphatic carbocycles. The monoisotopic (exact) mass is 613 g/mol. The second kappa shape index (κ2) is 11.8. The summed E-state index contributed by atoms with van der Waals surface area (Å²) in [5.74, 6) is 0. The van der Waals surface area contributed by atoms with Crippen molar-refractivity contribution in [2.45, 2.75) is 0 Å². The van der Waals surface area contributed by atoms with Crippen molar-refractivity contribution in [3.05, 3.63) is 188 Å². The van der Waals surface area contributed by atoms with Crippen LogP contribution in [0.4, 0.5) is 17.1 Å². The molecule has 0 aliphatic rings. The molecule has 0 saturated heterocycles. The molecule has 0 amide bonds. The topological polar surface area (TPSA) is 16.4 Å². The van der Waals surface area contributed by atoms with Crippen LogP contribution in [0.3, 0.4) is 0 Å². The van der Waals surface area contributed by atoms with E-state index in [1.165, 1.54) is 21.9 Å². The Morgan fingerprint density at radius 2 is 0.896 bits per heavy atom. The zero-order chi connectivity index (χ0) is 31.9. The Morgan fingerprint density at radius 1 is 0.333 bits per heavy atom. The number of nitrogens with zero attached hydrogens (tertiary/aromatic N) is 1. The largest absolute Gasteiger partial charge is 0.455 e. The van der Waals surface area contributed by atoms with Gasteiger partial charge in [-0.25, -0.2) is 0 Å². The number of rotatable bonds is 6. The molecule has 8 aromatic carbocycles. The molecular weight excluding hydrogens is 583 g/mol. The summed E-state index contributed by atoms with van der Waals surface area (Å²) in [6, 6.07) is 66.9. The van der Waals surface area contributed by atoms with E-state index in [1.807, 2.05) is 6.07 Å². The van der Waals surface area contributed by atoms with Crippen LogP contribution in [0.2, 0.25) is 0 Å². The van der Waals surface area contributed by atoms with Crippen molar-refractivity contribution in [3.63, 3.8) is 0 Å². The Labute approximate surface area is 279 Å². The molecule has 0 radical (unpaired) electrons. The van der Waals surface area contributed by atoms with E-state index < -0.39 is 0 Å². The van der Waals surface area contributed by atoms with E-state index >= 15 is 0 Å².